The Labute approximate surface area is 96.7 Å². The van der Waals surface area contributed by atoms with Crippen LogP contribution in [-0.4, -0.2) is 19.7 Å². The summed E-state index contributed by atoms with van der Waals surface area (Å²) in [6.45, 7) is 0. The standard InChI is InChI=1S/C9H9ClN4S/c1-14-9(12-6-13-14)15-5-8-4-7(10)2-3-11-8/h2-4,6H,5H2,1H3. The number of nitrogens with zero attached hydrogens (tertiary/aromatic N) is 4. The fourth-order valence-corrected chi connectivity index (χ4v) is 2.06. The number of aryl methyl sites for hydroxylation is 1. The van der Waals surface area contributed by atoms with Gasteiger partial charge in [0.1, 0.15) is 6.33 Å². The average Bonchev–Trinajstić information content (AvgIpc) is 2.61. The maximum Gasteiger partial charge on any atom is 0.186 e. The zero-order valence-electron chi connectivity index (χ0n) is 8.09. The fourth-order valence-electron chi connectivity index (χ4n) is 1.08. The summed E-state index contributed by atoms with van der Waals surface area (Å²) in [5.41, 5.74) is 0.940. The monoisotopic (exact) mass is 240 g/mol. The van der Waals surface area contributed by atoms with Crippen LogP contribution in [0.4, 0.5) is 0 Å². The first-order chi connectivity index (χ1) is 7.25. The minimum atomic E-state index is 0.707. The van der Waals surface area contributed by atoms with Gasteiger partial charge in [-0.15, -0.1) is 0 Å². The number of rotatable bonds is 3. The van der Waals surface area contributed by atoms with Gasteiger partial charge in [-0.3, -0.25) is 4.98 Å². The third-order valence-corrected chi connectivity index (χ3v) is 3.10. The van der Waals surface area contributed by atoms with Crippen LogP contribution in [0.2, 0.25) is 5.02 Å². The van der Waals surface area contributed by atoms with Crippen molar-refractivity contribution in [3.8, 4) is 0 Å². The Kier molecular flexibility index (Phi) is 3.23. The molecule has 0 amide bonds. The topological polar surface area (TPSA) is 43.6 Å². The molecule has 0 radical (unpaired) electrons. The van der Waals surface area contributed by atoms with Gasteiger partial charge in [0, 0.05) is 24.0 Å². The molecule has 0 aliphatic heterocycles. The summed E-state index contributed by atoms with van der Waals surface area (Å²) in [6.07, 6.45) is 3.24. The molecule has 0 saturated heterocycles. The smallest absolute Gasteiger partial charge is 0.186 e. The highest BCUT2D eigenvalue weighted by Gasteiger charge is 2.02. The molecule has 15 heavy (non-hydrogen) atoms. The highest BCUT2D eigenvalue weighted by molar-refractivity contribution is 7.98. The van der Waals surface area contributed by atoms with E-state index in [1.54, 1.807) is 28.7 Å². The highest BCUT2D eigenvalue weighted by Crippen LogP contribution is 2.19. The second kappa shape index (κ2) is 4.63. The Bertz CT molecular complexity index is 457. The van der Waals surface area contributed by atoms with Crippen molar-refractivity contribution in [2.75, 3.05) is 0 Å². The zero-order chi connectivity index (χ0) is 10.7. The third-order valence-electron chi connectivity index (χ3n) is 1.80. The van der Waals surface area contributed by atoms with Gasteiger partial charge in [0.25, 0.3) is 0 Å². The lowest BCUT2D eigenvalue weighted by Crippen LogP contribution is -1.94. The summed E-state index contributed by atoms with van der Waals surface area (Å²) in [6, 6.07) is 3.61. The maximum absolute atomic E-state index is 5.85. The molecule has 2 aromatic rings. The van der Waals surface area contributed by atoms with Crippen LogP contribution in [0.3, 0.4) is 0 Å². The van der Waals surface area contributed by atoms with Crippen LogP contribution < -0.4 is 0 Å². The van der Waals surface area contributed by atoms with Crippen molar-refractivity contribution in [1.82, 2.24) is 19.7 Å². The summed E-state index contributed by atoms with van der Waals surface area (Å²) < 4.78 is 1.73. The molecular weight excluding hydrogens is 232 g/mol. The van der Waals surface area contributed by atoms with E-state index < -0.39 is 0 Å². The van der Waals surface area contributed by atoms with E-state index in [4.69, 9.17) is 11.6 Å². The molecule has 2 heterocycles. The summed E-state index contributed by atoms with van der Waals surface area (Å²) >= 11 is 7.44. The number of halogens is 1. The molecule has 2 aromatic heterocycles. The summed E-state index contributed by atoms with van der Waals surface area (Å²) in [7, 11) is 1.86. The molecule has 0 fully saturated rings. The van der Waals surface area contributed by atoms with E-state index in [9.17, 15) is 0 Å². The average molecular weight is 241 g/mol. The summed E-state index contributed by atoms with van der Waals surface area (Å²) in [4.78, 5) is 8.31. The van der Waals surface area contributed by atoms with Crippen LogP contribution in [-0.2, 0) is 12.8 Å². The summed E-state index contributed by atoms with van der Waals surface area (Å²) in [5.74, 6) is 0.743. The minimum Gasteiger partial charge on any atom is -0.260 e. The second-order valence-electron chi connectivity index (χ2n) is 2.92. The number of pyridine rings is 1. The van der Waals surface area contributed by atoms with Crippen LogP contribution in [0, 0.1) is 0 Å². The molecule has 4 nitrogen and oxygen atoms in total. The first kappa shape index (κ1) is 10.4. The van der Waals surface area contributed by atoms with Gasteiger partial charge < -0.3 is 0 Å². The van der Waals surface area contributed by atoms with Crippen molar-refractivity contribution in [2.24, 2.45) is 7.05 Å². The minimum absolute atomic E-state index is 0.707. The molecule has 0 aliphatic carbocycles. The van der Waals surface area contributed by atoms with E-state index in [0.29, 0.717) is 5.02 Å². The van der Waals surface area contributed by atoms with Gasteiger partial charge >= 0.3 is 0 Å². The van der Waals surface area contributed by atoms with Gasteiger partial charge in [0.05, 0.1) is 5.69 Å². The largest absolute Gasteiger partial charge is 0.260 e. The summed E-state index contributed by atoms with van der Waals surface area (Å²) in [5, 5.41) is 5.56. The third kappa shape index (κ3) is 2.70. The Balaban J connectivity index is 2.02. The second-order valence-corrected chi connectivity index (χ2v) is 4.30. The molecule has 0 bridgehead atoms. The van der Waals surface area contributed by atoms with Crippen LogP contribution in [0.5, 0.6) is 0 Å². The Hall–Kier alpha value is -1.07. The molecule has 2 rings (SSSR count). The molecular formula is C9H9ClN4S. The van der Waals surface area contributed by atoms with E-state index in [2.05, 4.69) is 15.1 Å². The first-order valence-electron chi connectivity index (χ1n) is 4.33. The molecule has 0 atom stereocenters. The molecule has 0 N–H and O–H groups in total. The first-order valence-corrected chi connectivity index (χ1v) is 5.69. The molecule has 0 aromatic carbocycles. The van der Waals surface area contributed by atoms with Crippen molar-refractivity contribution in [3.63, 3.8) is 0 Å². The van der Waals surface area contributed by atoms with Crippen molar-refractivity contribution in [3.05, 3.63) is 35.4 Å². The molecule has 0 aliphatic rings. The predicted molar refractivity (Wildman–Crippen MR) is 59.8 cm³/mol. The lowest BCUT2D eigenvalue weighted by molar-refractivity contribution is 0.685. The molecule has 78 valence electrons. The van der Waals surface area contributed by atoms with Crippen LogP contribution in [0.25, 0.3) is 0 Å². The zero-order valence-corrected chi connectivity index (χ0v) is 9.66. The van der Waals surface area contributed by atoms with E-state index in [-0.39, 0.29) is 0 Å². The van der Waals surface area contributed by atoms with Gasteiger partial charge in [-0.2, -0.15) is 5.10 Å². The van der Waals surface area contributed by atoms with Crippen molar-refractivity contribution < 1.29 is 0 Å². The van der Waals surface area contributed by atoms with Crippen molar-refractivity contribution in [1.29, 1.82) is 0 Å². The molecule has 0 spiro atoms. The van der Waals surface area contributed by atoms with Crippen LogP contribution in [0.15, 0.2) is 29.8 Å². The van der Waals surface area contributed by atoms with Gasteiger partial charge in [-0.25, -0.2) is 9.67 Å². The van der Waals surface area contributed by atoms with Crippen molar-refractivity contribution >= 4 is 23.4 Å². The fraction of sp³-hybridized carbons (Fsp3) is 0.222. The van der Waals surface area contributed by atoms with E-state index >= 15 is 0 Å². The van der Waals surface area contributed by atoms with E-state index in [1.807, 2.05) is 13.1 Å². The van der Waals surface area contributed by atoms with Gasteiger partial charge in [-0.1, -0.05) is 23.4 Å². The highest BCUT2D eigenvalue weighted by atomic mass is 35.5. The number of thioether (sulfide) groups is 1. The Morgan fingerprint density at radius 3 is 3.00 bits per heavy atom. The Morgan fingerprint density at radius 1 is 1.47 bits per heavy atom. The number of hydrogen-bond donors (Lipinski definition) is 0. The van der Waals surface area contributed by atoms with E-state index in [0.717, 1.165) is 16.6 Å². The SMILES string of the molecule is Cn1ncnc1SCc1cc(Cl)ccn1. The normalized spacial score (nSPS) is 10.5. The maximum atomic E-state index is 5.85. The lowest BCUT2D eigenvalue weighted by atomic mass is 10.4. The predicted octanol–water partition coefficient (Wildman–Crippen LogP) is 2.16. The Morgan fingerprint density at radius 2 is 2.33 bits per heavy atom. The molecule has 6 heteroatoms. The number of hydrogen-bond acceptors (Lipinski definition) is 4. The van der Waals surface area contributed by atoms with Gasteiger partial charge in [-0.05, 0) is 12.1 Å². The van der Waals surface area contributed by atoms with Crippen LogP contribution >= 0.6 is 23.4 Å². The quantitative estimate of drug-likeness (QED) is 0.772. The lowest BCUT2D eigenvalue weighted by Gasteiger charge is -2.00. The van der Waals surface area contributed by atoms with Crippen LogP contribution in [0.1, 0.15) is 5.69 Å². The number of aromatic nitrogens is 4. The van der Waals surface area contributed by atoms with Crippen molar-refractivity contribution in [2.45, 2.75) is 10.9 Å². The van der Waals surface area contributed by atoms with Gasteiger partial charge in [0.15, 0.2) is 5.16 Å². The molecule has 0 unspecified atom stereocenters. The van der Waals surface area contributed by atoms with E-state index in [1.165, 1.54) is 6.33 Å². The molecule has 0 saturated carbocycles. The van der Waals surface area contributed by atoms with Gasteiger partial charge in [0.2, 0.25) is 0 Å².